The molecule has 0 saturated carbocycles. The molecule has 2 heterocycles. The van der Waals surface area contributed by atoms with Crippen LogP contribution in [0.1, 0.15) is 47.9 Å². The van der Waals surface area contributed by atoms with E-state index in [1.807, 2.05) is 31.2 Å². The largest absolute Gasteiger partial charge is 0.461 e. The van der Waals surface area contributed by atoms with E-state index in [0.29, 0.717) is 13.0 Å². The van der Waals surface area contributed by atoms with Crippen molar-refractivity contribution in [3.63, 3.8) is 0 Å². The summed E-state index contributed by atoms with van der Waals surface area (Å²) in [6.07, 6.45) is 1.58. The van der Waals surface area contributed by atoms with Crippen molar-refractivity contribution in [1.29, 1.82) is 0 Å². The molecular formula is C20H22N4O5. The van der Waals surface area contributed by atoms with Gasteiger partial charge < -0.3 is 14.6 Å². The Bertz CT molecular complexity index is 1080. The number of ether oxygens (including phenoxy) is 1. The Morgan fingerprint density at radius 3 is 2.62 bits per heavy atom. The highest BCUT2D eigenvalue weighted by Gasteiger charge is 2.26. The number of hydrogen-bond donors (Lipinski definition) is 1. The molecule has 0 saturated heterocycles. The average Bonchev–Trinajstić information content (AvgIpc) is 3.15. The summed E-state index contributed by atoms with van der Waals surface area (Å²) in [6.45, 7) is 5.87. The summed E-state index contributed by atoms with van der Waals surface area (Å²) in [4.78, 5) is 41.8. The third-order valence-electron chi connectivity index (χ3n) is 4.50. The molecule has 3 rings (SSSR count). The van der Waals surface area contributed by atoms with Crippen LogP contribution >= 0.6 is 0 Å². The second-order valence-corrected chi connectivity index (χ2v) is 6.52. The summed E-state index contributed by atoms with van der Waals surface area (Å²) < 4.78 is 11.1. The van der Waals surface area contributed by atoms with Crippen LogP contribution in [-0.4, -0.2) is 33.2 Å². The maximum Gasteiger partial charge on any atom is 0.361 e. The number of carbonyl (C=O) groups excluding carboxylic acids is 2. The lowest BCUT2D eigenvalue weighted by atomic mass is 10.1. The molecular weight excluding hydrogens is 376 g/mol. The van der Waals surface area contributed by atoms with Crippen molar-refractivity contribution in [2.24, 2.45) is 0 Å². The standard InChI is InChI=1S/C20H22N4O5/c1-4-14(17(25)21-10-13-8-6-12(3)7-9-13)24-11-22-18-15(19(24)26)16(23-29-18)20(27)28-5-2/h6-9,11,14H,4-5,10H2,1-3H3,(H,21,25). The Hall–Kier alpha value is -3.49. The fourth-order valence-electron chi connectivity index (χ4n) is 2.94. The van der Waals surface area contributed by atoms with Crippen LogP contribution in [0.25, 0.3) is 11.1 Å². The number of nitrogens with one attached hydrogen (secondary N) is 1. The number of esters is 1. The second kappa shape index (κ2) is 8.68. The van der Waals surface area contributed by atoms with Crippen molar-refractivity contribution in [3.05, 3.63) is 57.8 Å². The van der Waals surface area contributed by atoms with Gasteiger partial charge in [0.05, 0.1) is 6.61 Å². The zero-order valence-corrected chi connectivity index (χ0v) is 16.5. The number of aromatic nitrogens is 3. The van der Waals surface area contributed by atoms with E-state index in [2.05, 4.69) is 15.5 Å². The number of hydrogen-bond acceptors (Lipinski definition) is 7. The lowest BCUT2D eigenvalue weighted by Crippen LogP contribution is -2.37. The number of nitrogens with zero attached hydrogens (tertiary/aromatic N) is 3. The molecule has 1 amide bonds. The minimum absolute atomic E-state index is 0.0794. The lowest BCUT2D eigenvalue weighted by Gasteiger charge is -2.17. The van der Waals surface area contributed by atoms with Crippen LogP contribution in [0.2, 0.25) is 0 Å². The van der Waals surface area contributed by atoms with Gasteiger partial charge in [-0.05, 0) is 25.8 Å². The van der Waals surface area contributed by atoms with E-state index in [0.717, 1.165) is 11.1 Å². The Morgan fingerprint density at radius 2 is 1.97 bits per heavy atom. The van der Waals surface area contributed by atoms with E-state index in [9.17, 15) is 14.4 Å². The third-order valence-corrected chi connectivity index (χ3v) is 4.50. The lowest BCUT2D eigenvalue weighted by molar-refractivity contribution is -0.124. The Kier molecular flexibility index (Phi) is 6.06. The molecule has 0 bridgehead atoms. The summed E-state index contributed by atoms with van der Waals surface area (Å²) >= 11 is 0. The van der Waals surface area contributed by atoms with Gasteiger partial charge in [0.15, 0.2) is 0 Å². The van der Waals surface area contributed by atoms with Crippen LogP contribution in [0, 0.1) is 6.92 Å². The van der Waals surface area contributed by atoms with Gasteiger partial charge in [0.25, 0.3) is 11.3 Å². The fourth-order valence-corrected chi connectivity index (χ4v) is 2.94. The van der Waals surface area contributed by atoms with Gasteiger partial charge in [0.2, 0.25) is 11.6 Å². The molecule has 0 fully saturated rings. The third kappa shape index (κ3) is 4.18. The topological polar surface area (TPSA) is 116 Å². The highest BCUT2D eigenvalue weighted by molar-refractivity contribution is 5.99. The first kappa shape index (κ1) is 20.2. The van der Waals surface area contributed by atoms with Gasteiger partial charge in [-0.25, -0.2) is 9.78 Å². The molecule has 0 aliphatic heterocycles. The molecule has 152 valence electrons. The molecule has 9 heteroatoms. The molecule has 29 heavy (non-hydrogen) atoms. The van der Waals surface area contributed by atoms with Gasteiger partial charge in [-0.15, -0.1) is 0 Å². The smallest absolute Gasteiger partial charge is 0.361 e. The van der Waals surface area contributed by atoms with Crippen LogP contribution in [0.4, 0.5) is 0 Å². The van der Waals surface area contributed by atoms with Crippen LogP contribution in [0.3, 0.4) is 0 Å². The quantitative estimate of drug-likeness (QED) is 0.606. The number of carbonyl (C=O) groups is 2. The number of rotatable bonds is 7. The van der Waals surface area contributed by atoms with Crippen molar-refractivity contribution < 1.29 is 18.8 Å². The second-order valence-electron chi connectivity index (χ2n) is 6.52. The Labute approximate surface area is 166 Å². The molecule has 2 aromatic heterocycles. The van der Waals surface area contributed by atoms with Gasteiger partial charge in [-0.2, -0.15) is 0 Å². The van der Waals surface area contributed by atoms with Gasteiger partial charge >= 0.3 is 5.97 Å². The summed E-state index contributed by atoms with van der Waals surface area (Å²) in [5, 5.41) is 6.34. The molecule has 9 nitrogen and oxygen atoms in total. The number of benzene rings is 1. The van der Waals surface area contributed by atoms with Gasteiger partial charge in [-0.3, -0.25) is 14.2 Å². The summed E-state index contributed by atoms with van der Waals surface area (Å²) in [6, 6.07) is 6.99. The monoisotopic (exact) mass is 398 g/mol. The molecule has 0 aliphatic carbocycles. The van der Waals surface area contributed by atoms with Crippen molar-refractivity contribution in [2.45, 2.75) is 39.8 Å². The molecule has 0 spiro atoms. The average molecular weight is 398 g/mol. The molecule has 1 N–H and O–H groups in total. The minimum Gasteiger partial charge on any atom is -0.461 e. The predicted molar refractivity (Wildman–Crippen MR) is 104 cm³/mol. The Morgan fingerprint density at radius 1 is 1.24 bits per heavy atom. The summed E-state index contributed by atoms with van der Waals surface area (Å²) in [5.74, 6) is -1.11. The van der Waals surface area contributed by atoms with Crippen LogP contribution < -0.4 is 10.9 Å². The molecule has 0 radical (unpaired) electrons. The van der Waals surface area contributed by atoms with E-state index in [1.165, 1.54) is 10.9 Å². The highest BCUT2D eigenvalue weighted by atomic mass is 16.5. The zero-order valence-electron chi connectivity index (χ0n) is 16.5. The van der Waals surface area contributed by atoms with E-state index in [1.54, 1.807) is 13.8 Å². The molecule has 3 aromatic rings. The number of fused-ring (bicyclic) bond motifs is 1. The maximum absolute atomic E-state index is 13.0. The van der Waals surface area contributed by atoms with E-state index >= 15 is 0 Å². The molecule has 1 atom stereocenters. The van der Waals surface area contributed by atoms with E-state index in [4.69, 9.17) is 9.26 Å². The van der Waals surface area contributed by atoms with Crippen molar-refractivity contribution in [1.82, 2.24) is 20.0 Å². The van der Waals surface area contributed by atoms with Crippen LogP contribution in [0.15, 0.2) is 39.9 Å². The Balaban J connectivity index is 1.88. The van der Waals surface area contributed by atoms with Crippen molar-refractivity contribution in [2.75, 3.05) is 6.61 Å². The predicted octanol–water partition coefficient (Wildman–Crippen LogP) is 2.14. The first-order chi connectivity index (χ1) is 14.0. The number of aryl methyl sites for hydroxylation is 1. The maximum atomic E-state index is 13.0. The highest BCUT2D eigenvalue weighted by Crippen LogP contribution is 2.16. The minimum atomic E-state index is -0.796. The number of amides is 1. The fraction of sp³-hybridized carbons (Fsp3) is 0.350. The van der Waals surface area contributed by atoms with Crippen LogP contribution in [0.5, 0.6) is 0 Å². The van der Waals surface area contributed by atoms with Gasteiger partial charge in [-0.1, -0.05) is 41.9 Å². The molecule has 0 aliphatic rings. The first-order valence-electron chi connectivity index (χ1n) is 9.33. The summed E-state index contributed by atoms with van der Waals surface area (Å²) in [5.41, 5.74) is 1.16. The summed E-state index contributed by atoms with van der Waals surface area (Å²) in [7, 11) is 0. The molecule has 1 unspecified atom stereocenters. The first-order valence-corrected chi connectivity index (χ1v) is 9.33. The van der Waals surface area contributed by atoms with Gasteiger partial charge in [0.1, 0.15) is 17.8 Å². The molecule has 1 aromatic carbocycles. The van der Waals surface area contributed by atoms with Crippen molar-refractivity contribution in [3.8, 4) is 0 Å². The van der Waals surface area contributed by atoms with E-state index in [-0.39, 0.29) is 29.3 Å². The van der Waals surface area contributed by atoms with Crippen molar-refractivity contribution >= 4 is 23.0 Å². The zero-order chi connectivity index (χ0) is 21.0. The SMILES string of the molecule is CCOC(=O)c1noc2ncn(C(CC)C(=O)NCc3ccc(C)cc3)c(=O)c12. The van der Waals surface area contributed by atoms with E-state index < -0.39 is 17.6 Å². The van der Waals surface area contributed by atoms with Gasteiger partial charge in [0, 0.05) is 6.54 Å². The van der Waals surface area contributed by atoms with Crippen LogP contribution in [-0.2, 0) is 16.1 Å². The normalized spacial score (nSPS) is 12.0.